The van der Waals surface area contributed by atoms with Gasteiger partial charge in [0.05, 0.1) is 39.7 Å². The first-order valence-electron chi connectivity index (χ1n) is 30.2. The molecule has 89 heavy (non-hydrogen) atoms. The zero-order valence-corrected chi connectivity index (χ0v) is 49.1. The molecule has 0 amide bonds. The van der Waals surface area contributed by atoms with Gasteiger partial charge in [0, 0.05) is 89.6 Å². The zero-order chi connectivity index (χ0) is 58.8. The summed E-state index contributed by atoms with van der Waals surface area (Å²) in [5, 5.41) is 3.64. The summed E-state index contributed by atoms with van der Waals surface area (Å²) in [5.41, 5.74) is 25.0. The highest BCUT2D eigenvalue weighted by atomic mass is 32.1. The van der Waals surface area contributed by atoms with E-state index in [1.807, 2.05) is 12.1 Å². The first-order chi connectivity index (χ1) is 44.2. The molecule has 0 spiro atoms. The van der Waals surface area contributed by atoms with Gasteiger partial charge in [-0.15, -0.1) is 0 Å². The second kappa shape index (κ2) is 21.8. The fraction of sp³-hybridized carbons (Fsp3) is 0.0250. The van der Waals surface area contributed by atoms with Crippen molar-refractivity contribution in [3.05, 3.63) is 309 Å². The van der Waals surface area contributed by atoms with Gasteiger partial charge in [-0.1, -0.05) is 182 Å². The van der Waals surface area contributed by atoms with Crippen molar-refractivity contribution in [1.82, 2.24) is 27.8 Å². The van der Waals surface area contributed by atoms with Gasteiger partial charge >= 0.3 is 0 Å². The molecule has 4 aromatic heterocycles. The predicted octanol–water partition coefficient (Wildman–Crippen LogP) is 21.2. The minimum Gasteiger partial charge on any atom is -0.310 e. The van der Waals surface area contributed by atoms with Crippen LogP contribution in [-0.4, -0.2) is 27.8 Å². The summed E-state index contributed by atoms with van der Waals surface area (Å²) in [7, 11) is 0. The first kappa shape index (κ1) is 51.9. The molecule has 0 bridgehead atoms. The van der Waals surface area contributed by atoms with Gasteiger partial charge in [0.1, 0.15) is 22.1 Å². The van der Waals surface area contributed by atoms with Crippen LogP contribution in [0.3, 0.4) is 0 Å². The Morgan fingerprint density at radius 3 is 1.25 bits per heavy atom. The maximum Gasteiger partial charge on any atom is 0.115 e. The number of aromatic nitrogens is 6. The third-order valence-electron chi connectivity index (χ3n) is 17.4. The van der Waals surface area contributed by atoms with Crippen molar-refractivity contribution in [2.24, 2.45) is 0 Å². The number of para-hydroxylation sites is 5. The molecule has 1 aliphatic carbocycles. The number of rotatable bonds is 12. The van der Waals surface area contributed by atoms with E-state index >= 15 is 0 Å². The summed E-state index contributed by atoms with van der Waals surface area (Å²) in [5.74, 6) is 0. The standard InChI is InChI=1S/C80H54N8S/c1-7-23-55(24-8-1)75-76(56-25-9-2-10-26-56)82-78-74(54-41-45-62(46-42-54)86(58-29-13-4-14-30-58)64-48-50-72-68(52-64)66-36-20-22-38-70(66)88(72)60-33-17-6-18-34-60)80-79(83-89-84-80)73(77(78)81-75)53-39-43-61(44-40-53)85(57-27-11-3-12-28-57)63-47-49-71-67(51-63)65-35-19-21-37-69(65)87(71)59-31-15-5-16-32-59/h1-19,21-35,37-52H,20,36H2. The smallest absolute Gasteiger partial charge is 0.115 e. The van der Waals surface area contributed by atoms with E-state index in [-0.39, 0.29) is 0 Å². The third-order valence-corrected chi connectivity index (χ3v) is 17.9. The molecule has 9 heteroatoms. The quantitative estimate of drug-likeness (QED) is 0.121. The molecule has 0 saturated carbocycles. The van der Waals surface area contributed by atoms with E-state index in [1.54, 1.807) is 0 Å². The predicted molar refractivity (Wildman–Crippen MR) is 370 cm³/mol. The van der Waals surface area contributed by atoms with E-state index in [1.165, 1.54) is 50.2 Å². The summed E-state index contributed by atoms with van der Waals surface area (Å²) in [6, 6.07) is 104. The zero-order valence-electron chi connectivity index (χ0n) is 48.3. The highest BCUT2D eigenvalue weighted by Gasteiger charge is 2.27. The number of nitrogens with zero attached hydrogens (tertiary/aromatic N) is 8. The van der Waals surface area contributed by atoms with Crippen molar-refractivity contribution in [1.29, 1.82) is 0 Å². The lowest BCUT2D eigenvalue weighted by Gasteiger charge is -2.26. The van der Waals surface area contributed by atoms with Gasteiger partial charge in [0.15, 0.2) is 0 Å². The second-order valence-corrected chi connectivity index (χ2v) is 23.1. The van der Waals surface area contributed by atoms with Gasteiger partial charge in [-0.3, -0.25) is 0 Å². The summed E-state index contributed by atoms with van der Waals surface area (Å²) >= 11 is 1.22. The van der Waals surface area contributed by atoms with Crippen molar-refractivity contribution in [3.63, 3.8) is 0 Å². The summed E-state index contributed by atoms with van der Waals surface area (Å²) in [6.45, 7) is 0. The summed E-state index contributed by atoms with van der Waals surface area (Å²) in [4.78, 5) is 16.3. The molecule has 0 atom stereocenters. The number of hydrogen-bond acceptors (Lipinski definition) is 7. The van der Waals surface area contributed by atoms with Crippen LogP contribution in [0.2, 0.25) is 0 Å². The molecule has 1 aliphatic rings. The van der Waals surface area contributed by atoms with Crippen molar-refractivity contribution in [3.8, 4) is 56.1 Å². The van der Waals surface area contributed by atoms with Gasteiger partial charge < -0.3 is 18.9 Å². The molecule has 12 aromatic carbocycles. The van der Waals surface area contributed by atoms with E-state index in [9.17, 15) is 0 Å². The fourth-order valence-electron chi connectivity index (χ4n) is 13.4. The molecular weight excluding hydrogens is 1110 g/mol. The summed E-state index contributed by atoms with van der Waals surface area (Å²) in [6.07, 6.45) is 6.60. The Morgan fingerprint density at radius 1 is 0.326 bits per heavy atom. The maximum atomic E-state index is 5.79. The van der Waals surface area contributed by atoms with Crippen LogP contribution < -0.4 is 9.80 Å². The van der Waals surface area contributed by atoms with E-state index in [0.29, 0.717) is 0 Å². The molecular formula is C80H54N8S. The van der Waals surface area contributed by atoms with Crippen LogP contribution in [0.25, 0.3) is 117 Å². The van der Waals surface area contributed by atoms with E-state index in [4.69, 9.17) is 18.7 Å². The number of fused-ring (bicyclic) bond motifs is 8. The lowest BCUT2D eigenvalue weighted by atomic mass is 9.93. The number of hydrogen-bond donors (Lipinski definition) is 0. The Balaban J connectivity index is 0.827. The highest BCUT2D eigenvalue weighted by Crippen LogP contribution is 2.48. The largest absolute Gasteiger partial charge is 0.310 e. The van der Waals surface area contributed by atoms with E-state index in [2.05, 4.69) is 310 Å². The van der Waals surface area contributed by atoms with E-state index < -0.39 is 0 Å². The lowest BCUT2D eigenvalue weighted by Crippen LogP contribution is -2.10. The van der Waals surface area contributed by atoms with E-state index in [0.717, 1.165) is 131 Å². The molecule has 0 fully saturated rings. The minimum atomic E-state index is 0.746. The number of allylic oxidation sites excluding steroid dienone is 1. The Kier molecular flexibility index (Phi) is 12.7. The normalized spacial score (nSPS) is 12.1. The van der Waals surface area contributed by atoms with Gasteiger partial charge in [0.25, 0.3) is 0 Å². The van der Waals surface area contributed by atoms with Crippen LogP contribution in [0.15, 0.2) is 297 Å². The summed E-state index contributed by atoms with van der Waals surface area (Å²) < 4.78 is 15.1. The van der Waals surface area contributed by atoms with Crippen LogP contribution in [0.5, 0.6) is 0 Å². The van der Waals surface area contributed by atoms with Gasteiger partial charge in [0.2, 0.25) is 0 Å². The molecule has 420 valence electrons. The Labute approximate surface area is 518 Å². The van der Waals surface area contributed by atoms with Crippen LogP contribution >= 0.6 is 11.7 Å². The van der Waals surface area contributed by atoms with Crippen molar-refractivity contribution in [2.75, 3.05) is 9.80 Å². The van der Waals surface area contributed by atoms with Gasteiger partial charge in [-0.2, -0.15) is 8.75 Å². The Bertz CT molecular complexity index is 5340. The minimum absolute atomic E-state index is 0.746. The molecule has 0 aliphatic heterocycles. The van der Waals surface area contributed by atoms with Gasteiger partial charge in [-0.05, 0) is 151 Å². The monoisotopic (exact) mass is 1160 g/mol. The van der Waals surface area contributed by atoms with Crippen molar-refractivity contribution in [2.45, 2.75) is 12.8 Å². The average molecular weight is 1160 g/mol. The molecule has 8 nitrogen and oxygen atoms in total. The van der Waals surface area contributed by atoms with Crippen LogP contribution in [0.4, 0.5) is 34.1 Å². The third kappa shape index (κ3) is 8.89. The number of aryl methyl sites for hydroxylation is 1. The molecule has 0 saturated heterocycles. The van der Waals surface area contributed by atoms with Crippen molar-refractivity contribution >= 4 is 107 Å². The average Bonchev–Trinajstić information content (AvgIpc) is 1.88. The highest BCUT2D eigenvalue weighted by molar-refractivity contribution is 7.00. The SMILES string of the molecule is C1=Cc2c(c3cc(N(c4ccccc4)c4ccc(-c5c6nsnc6c(-c6ccc(N(c7ccccc7)c7ccc8c(c7)c7ccccc7n8-c7ccccc7)cc6)c6nc(-c7ccccc7)c(-c7ccccc7)nc56)cc4)ccc3n2-c2ccccc2)CC1. The van der Waals surface area contributed by atoms with Gasteiger partial charge in [-0.25, -0.2) is 9.97 Å². The molecule has 0 N–H and O–H groups in total. The second-order valence-electron chi connectivity index (χ2n) is 22.6. The number of benzene rings is 12. The molecule has 17 rings (SSSR count). The van der Waals surface area contributed by atoms with Crippen LogP contribution in [-0.2, 0) is 6.42 Å². The Hall–Kier alpha value is -11.5. The fourth-order valence-corrected chi connectivity index (χ4v) is 14.0. The molecule has 16 aromatic rings. The Morgan fingerprint density at radius 2 is 0.730 bits per heavy atom. The molecule has 0 radical (unpaired) electrons. The molecule has 0 unspecified atom stereocenters. The van der Waals surface area contributed by atoms with Crippen LogP contribution in [0.1, 0.15) is 17.7 Å². The maximum absolute atomic E-state index is 5.79. The van der Waals surface area contributed by atoms with Crippen LogP contribution in [0, 0.1) is 0 Å². The first-order valence-corrected chi connectivity index (χ1v) is 30.9. The topological polar surface area (TPSA) is 67.9 Å². The lowest BCUT2D eigenvalue weighted by molar-refractivity contribution is 0.967. The van der Waals surface area contributed by atoms with Crippen molar-refractivity contribution < 1.29 is 0 Å². The molecule has 4 heterocycles. The number of anilines is 6.